The summed E-state index contributed by atoms with van der Waals surface area (Å²) >= 11 is 0. The molecule has 460 valence electrons. The Bertz CT molecular complexity index is 1560. The van der Waals surface area contributed by atoms with Gasteiger partial charge in [-0.05, 0) is 83.5 Å². The van der Waals surface area contributed by atoms with E-state index in [1.165, 1.54) is 180 Å². The van der Waals surface area contributed by atoms with Crippen molar-refractivity contribution < 1.29 is 28.6 Å². The number of esters is 3. The molecule has 0 amide bonds. The van der Waals surface area contributed by atoms with Crippen LogP contribution in [0.5, 0.6) is 0 Å². The smallest absolute Gasteiger partial charge is 0.306 e. The second-order valence-electron chi connectivity index (χ2n) is 22.7. The van der Waals surface area contributed by atoms with E-state index >= 15 is 0 Å². The van der Waals surface area contributed by atoms with Crippen LogP contribution in [-0.4, -0.2) is 37.2 Å². The summed E-state index contributed by atoms with van der Waals surface area (Å²) in [5.74, 6) is -0.999. The van der Waals surface area contributed by atoms with Crippen molar-refractivity contribution in [2.75, 3.05) is 13.2 Å². The summed E-state index contributed by atoms with van der Waals surface area (Å²) in [6.45, 7) is 6.42. The topological polar surface area (TPSA) is 78.9 Å². The maximum Gasteiger partial charge on any atom is 0.306 e. The Hall–Kier alpha value is -3.67. The summed E-state index contributed by atoms with van der Waals surface area (Å²) in [7, 11) is 0. The van der Waals surface area contributed by atoms with Gasteiger partial charge in [-0.1, -0.05) is 330 Å². The number of rotatable bonds is 62. The van der Waals surface area contributed by atoms with Crippen LogP contribution in [0.25, 0.3) is 0 Å². The lowest BCUT2D eigenvalue weighted by Crippen LogP contribution is -2.30. The average Bonchev–Trinajstić information content (AvgIpc) is 3.46. The molecule has 0 spiro atoms. The maximum atomic E-state index is 12.9. The highest BCUT2D eigenvalue weighted by Crippen LogP contribution is 2.18. The molecule has 0 aliphatic carbocycles. The fourth-order valence-electron chi connectivity index (χ4n) is 9.75. The van der Waals surface area contributed by atoms with Crippen LogP contribution >= 0.6 is 0 Å². The molecule has 0 aromatic heterocycles. The first kappa shape index (κ1) is 76.3. The first-order valence-corrected chi connectivity index (χ1v) is 34.2. The molecule has 1 atom stereocenters. The van der Waals surface area contributed by atoms with E-state index in [2.05, 4.69) is 112 Å². The highest BCUT2D eigenvalue weighted by Gasteiger charge is 2.19. The quantitative estimate of drug-likeness (QED) is 0.0261. The third-order valence-electron chi connectivity index (χ3n) is 14.8. The molecular weight excluding hydrogens is 985 g/mol. The molecule has 6 nitrogen and oxygen atoms in total. The fourth-order valence-corrected chi connectivity index (χ4v) is 9.75. The van der Waals surface area contributed by atoms with Gasteiger partial charge in [0.05, 0.1) is 0 Å². The maximum absolute atomic E-state index is 12.9. The summed E-state index contributed by atoms with van der Waals surface area (Å²) in [6, 6.07) is 0. The first-order chi connectivity index (χ1) is 39.5. The molecule has 0 saturated heterocycles. The van der Waals surface area contributed by atoms with Gasteiger partial charge >= 0.3 is 17.9 Å². The second-order valence-corrected chi connectivity index (χ2v) is 22.7. The molecule has 0 aromatic carbocycles. The third kappa shape index (κ3) is 65.1. The van der Waals surface area contributed by atoms with E-state index in [1.54, 1.807) is 0 Å². The van der Waals surface area contributed by atoms with Crippen molar-refractivity contribution >= 4 is 17.9 Å². The standard InChI is InChI=1S/C74H128O6/c1-4-7-10-13-16-19-22-25-27-29-31-32-33-34-35-36-37-38-39-40-41-43-44-46-49-52-55-58-61-64-67-73(76)79-70-71(69-78-72(75)66-63-60-57-54-51-48-24-21-18-15-12-9-6-3)80-74(77)68-65-62-59-56-53-50-47-45-42-30-28-26-23-20-17-14-11-8-5-2/h8,11-12,15,17,20-21,24,26,28,42,45,50,53,59,62,71H,4-7,9-10,13-14,16,18-19,22-23,25,27,29-41,43-44,46-49,51-52,54-58,60-61,63-70H2,1-3H3/b11-8-,15-12-,20-17-,24-21-,28-26-,45-42-,53-50-,62-59-. The van der Waals surface area contributed by atoms with Crippen LogP contribution in [0.1, 0.15) is 335 Å². The molecule has 0 fully saturated rings. The van der Waals surface area contributed by atoms with Crippen LogP contribution in [0, 0.1) is 0 Å². The third-order valence-corrected chi connectivity index (χ3v) is 14.8. The summed E-state index contributed by atoms with van der Waals surface area (Å²) in [5, 5.41) is 0. The summed E-state index contributed by atoms with van der Waals surface area (Å²) in [5.41, 5.74) is 0. The van der Waals surface area contributed by atoms with E-state index in [4.69, 9.17) is 14.2 Å². The van der Waals surface area contributed by atoms with Gasteiger partial charge < -0.3 is 14.2 Å². The lowest BCUT2D eigenvalue weighted by molar-refractivity contribution is -0.166. The molecule has 0 radical (unpaired) electrons. The van der Waals surface area contributed by atoms with Gasteiger partial charge in [-0.3, -0.25) is 14.4 Å². The Balaban J connectivity index is 4.27. The molecule has 0 heterocycles. The zero-order valence-corrected chi connectivity index (χ0v) is 52.8. The number of unbranched alkanes of at least 4 members (excludes halogenated alkanes) is 35. The largest absolute Gasteiger partial charge is 0.462 e. The molecular formula is C74H128O6. The zero-order valence-electron chi connectivity index (χ0n) is 52.8. The minimum Gasteiger partial charge on any atom is -0.462 e. The van der Waals surface area contributed by atoms with Gasteiger partial charge in [0.1, 0.15) is 13.2 Å². The van der Waals surface area contributed by atoms with Crippen molar-refractivity contribution in [3.8, 4) is 0 Å². The van der Waals surface area contributed by atoms with Crippen LogP contribution in [-0.2, 0) is 28.6 Å². The van der Waals surface area contributed by atoms with E-state index in [1.807, 2.05) is 6.08 Å². The SMILES string of the molecule is CC/C=C\C/C=C\C/C=C\C/C=C\C/C=C\C/C=C\CCC(=O)OC(COC(=O)CCCCCCC/C=C\C/C=C\CCC)COC(=O)CCCCCCCCCCCCCCCCCCCCCCCCCCCCCCCC. The number of allylic oxidation sites excluding steroid dienone is 16. The van der Waals surface area contributed by atoms with E-state index in [0.29, 0.717) is 19.3 Å². The molecule has 0 aliphatic rings. The van der Waals surface area contributed by atoms with Gasteiger partial charge in [0.2, 0.25) is 0 Å². The summed E-state index contributed by atoms with van der Waals surface area (Å²) in [6.07, 6.45) is 91.8. The lowest BCUT2D eigenvalue weighted by Gasteiger charge is -2.18. The van der Waals surface area contributed by atoms with Gasteiger partial charge in [-0.25, -0.2) is 0 Å². The van der Waals surface area contributed by atoms with Crippen LogP contribution in [0.3, 0.4) is 0 Å². The molecule has 0 rings (SSSR count). The van der Waals surface area contributed by atoms with Crippen LogP contribution in [0.4, 0.5) is 0 Å². The van der Waals surface area contributed by atoms with Crippen molar-refractivity contribution in [3.63, 3.8) is 0 Å². The van der Waals surface area contributed by atoms with E-state index in [0.717, 1.165) is 109 Å². The predicted octanol–water partition coefficient (Wildman–Crippen LogP) is 23.6. The zero-order chi connectivity index (χ0) is 57.8. The number of carbonyl (C=O) groups excluding carboxylic acids is 3. The number of hydrogen-bond donors (Lipinski definition) is 0. The van der Waals surface area contributed by atoms with Crippen molar-refractivity contribution in [1.29, 1.82) is 0 Å². The number of hydrogen-bond acceptors (Lipinski definition) is 6. The van der Waals surface area contributed by atoms with Gasteiger partial charge in [0, 0.05) is 19.3 Å². The van der Waals surface area contributed by atoms with Gasteiger partial charge in [-0.15, -0.1) is 0 Å². The van der Waals surface area contributed by atoms with Crippen LogP contribution < -0.4 is 0 Å². The Morgan fingerprint density at radius 1 is 0.263 bits per heavy atom. The Labute approximate surface area is 496 Å². The molecule has 6 heteroatoms. The minimum absolute atomic E-state index is 0.110. The molecule has 0 saturated carbocycles. The summed E-state index contributed by atoms with van der Waals surface area (Å²) < 4.78 is 16.8. The molecule has 0 aromatic rings. The highest BCUT2D eigenvalue weighted by molar-refractivity contribution is 5.71. The average molecular weight is 1110 g/mol. The normalized spacial score (nSPS) is 12.7. The Kier molecular flexibility index (Phi) is 64.7. The molecule has 0 aliphatic heterocycles. The molecule has 0 N–H and O–H groups in total. The summed E-state index contributed by atoms with van der Waals surface area (Å²) in [4.78, 5) is 38.3. The van der Waals surface area contributed by atoms with E-state index in [-0.39, 0.29) is 31.6 Å². The Morgan fingerprint density at radius 3 is 0.863 bits per heavy atom. The van der Waals surface area contributed by atoms with Gasteiger partial charge in [0.15, 0.2) is 6.10 Å². The van der Waals surface area contributed by atoms with E-state index in [9.17, 15) is 14.4 Å². The fraction of sp³-hybridized carbons (Fsp3) is 0.743. The predicted molar refractivity (Wildman–Crippen MR) is 348 cm³/mol. The number of carbonyl (C=O) groups is 3. The van der Waals surface area contributed by atoms with Gasteiger partial charge in [-0.2, -0.15) is 0 Å². The van der Waals surface area contributed by atoms with Crippen molar-refractivity contribution in [3.05, 3.63) is 97.2 Å². The number of ether oxygens (including phenoxy) is 3. The van der Waals surface area contributed by atoms with Crippen LogP contribution in [0.15, 0.2) is 97.2 Å². The monoisotopic (exact) mass is 1110 g/mol. The molecule has 0 bridgehead atoms. The Morgan fingerprint density at radius 2 is 0.537 bits per heavy atom. The highest BCUT2D eigenvalue weighted by atomic mass is 16.6. The second kappa shape index (κ2) is 67.8. The lowest BCUT2D eigenvalue weighted by atomic mass is 10.0. The van der Waals surface area contributed by atoms with Crippen molar-refractivity contribution in [1.82, 2.24) is 0 Å². The first-order valence-electron chi connectivity index (χ1n) is 34.2. The minimum atomic E-state index is -0.825. The van der Waals surface area contributed by atoms with Gasteiger partial charge in [0.25, 0.3) is 0 Å². The van der Waals surface area contributed by atoms with Crippen LogP contribution in [0.2, 0.25) is 0 Å². The molecule has 1 unspecified atom stereocenters. The van der Waals surface area contributed by atoms with Crippen molar-refractivity contribution in [2.24, 2.45) is 0 Å². The van der Waals surface area contributed by atoms with E-state index < -0.39 is 12.1 Å². The van der Waals surface area contributed by atoms with Crippen molar-refractivity contribution in [2.45, 2.75) is 341 Å². The molecule has 80 heavy (non-hydrogen) atoms.